The summed E-state index contributed by atoms with van der Waals surface area (Å²) in [6.45, 7) is 5.95. The molecule has 1 aromatic heterocycles. The highest BCUT2D eigenvalue weighted by molar-refractivity contribution is 7.22. The second kappa shape index (κ2) is 7.03. The second-order valence-corrected chi connectivity index (χ2v) is 6.73. The van der Waals surface area contributed by atoms with E-state index in [0.29, 0.717) is 22.9 Å². The van der Waals surface area contributed by atoms with Crippen molar-refractivity contribution >= 4 is 38.6 Å². The second-order valence-electron chi connectivity index (χ2n) is 5.69. The largest absolute Gasteiger partial charge is 0.462 e. The molecule has 0 aliphatic rings. The Kier molecular flexibility index (Phi) is 4.81. The number of amides is 1. The van der Waals surface area contributed by atoms with E-state index in [-0.39, 0.29) is 11.9 Å². The predicted octanol–water partition coefficient (Wildman–Crippen LogP) is 4.34. The van der Waals surface area contributed by atoms with Crippen LogP contribution in [0.15, 0.2) is 36.4 Å². The van der Waals surface area contributed by atoms with Crippen LogP contribution in [0.5, 0.6) is 0 Å². The van der Waals surface area contributed by atoms with Crippen molar-refractivity contribution in [3.05, 3.63) is 58.7 Å². The lowest BCUT2D eigenvalue weighted by molar-refractivity contribution is 0.0526. The average Bonchev–Trinajstić information content (AvgIpc) is 2.98. The molecule has 0 spiro atoms. The summed E-state index contributed by atoms with van der Waals surface area (Å²) < 4.78 is 5.83. The summed E-state index contributed by atoms with van der Waals surface area (Å²) in [6.07, 6.45) is 0. The monoisotopic (exact) mass is 354 g/mol. The van der Waals surface area contributed by atoms with E-state index < -0.39 is 0 Å². The lowest BCUT2D eigenvalue weighted by Gasteiger charge is -2.06. The quantitative estimate of drug-likeness (QED) is 0.708. The van der Waals surface area contributed by atoms with E-state index in [1.807, 2.05) is 32.0 Å². The summed E-state index contributed by atoms with van der Waals surface area (Å²) in [5.41, 5.74) is 3.78. The van der Waals surface area contributed by atoms with Gasteiger partial charge in [-0.25, -0.2) is 9.78 Å². The van der Waals surface area contributed by atoms with Crippen LogP contribution in [0.3, 0.4) is 0 Å². The summed E-state index contributed by atoms with van der Waals surface area (Å²) >= 11 is 1.33. The number of fused-ring (bicyclic) bond motifs is 1. The summed E-state index contributed by atoms with van der Waals surface area (Å²) in [4.78, 5) is 28.7. The van der Waals surface area contributed by atoms with E-state index >= 15 is 0 Å². The molecule has 25 heavy (non-hydrogen) atoms. The van der Waals surface area contributed by atoms with E-state index in [1.165, 1.54) is 11.3 Å². The molecule has 0 bridgehead atoms. The first kappa shape index (κ1) is 17.1. The smallest absolute Gasteiger partial charge is 0.338 e. The molecule has 3 rings (SSSR count). The van der Waals surface area contributed by atoms with Crippen LogP contribution in [0, 0.1) is 13.8 Å². The number of anilines is 1. The molecular weight excluding hydrogens is 336 g/mol. The molecular formula is C19H18N2O3S. The minimum absolute atomic E-state index is 0.189. The van der Waals surface area contributed by atoms with Crippen LogP contribution in [0.4, 0.5) is 5.13 Å². The van der Waals surface area contributed by atoms with Crippen molar-refractivity contribution in [2.75, 3.05) is 11.9 Å². The number of thiazole rings is 1. The van der Waals surface area contributed by atoms with Crippen LogP contribution >= 0.6 is 11.3 Å². The van der Waals surface area contributed by atoms with E-state index in [2.05, 4.69) is 10.3 Å². The maximum atomic E-state index is 12.5. The molecule has 0 aliphatic carbocycles. The van der Waals surface area contributed by atoms with Gasteiger partial charge in [0, 0.05) is 5.56 Å². The van der Waals surface area contributed by atoms with Gasteiger partial charge in [-0.05, 0) is 50.6 Å². The van der Waals surface area contributed by atoms with Crippen molar-refractivity contribution in [3.63, 3.8) is 0 Å². The first-order valence-electron chi connectivity index (χ1n) is 7.94. The standard InChI is InChI=1S/C19H18N2O3S/c1-4-24-18(23)13-7-8-15-16(10-13)25-19(20-15)21-17(22)14-9-11(2)5-6-12(14)3/h5-10H,4H2,1-3H3,(H,20,21,22). The Morgan fingerprint density at radius 3 is 2.72 bits per heavy atom. The molecule has 2 aromatic carbocycles. The van der Waals surface area contributed by atoms with Gasteiger partial charge in [-0.1, -0.05) is 29.0 Å². The van der Waals surface area contributed by atoms with Crippen LogP contribution in [0.2, 0.25) is 0 Å². The molecule has 3 aromatic rings. The maximum Gasteiger partial charge on any atom is 0.338 e. The van der Waals surface area contributed by atoms with Crippen LogP contribution in [-0.2, 0) is 4.74 Å². The highest BCUT2D eigenvalue weighted by Gasteiger charge is 2.14. The van der Waals surface area contributed by atoms with Crippen molar-refractivity contribution in [2.45, 2.75) is 20.8 Å². The zero-order valence-electron chi connectivity index (χ0n) is 14.3. The number of hydrogen-bond acceptors (Lipinski definition) is 5. The molecule has 1 heterocycles. The van der Waals surface area contributed by atoms with E-state index in [9.17, 15) is 9.59 Å². The molecule has 5 nitrogen and oxygen atoms in total. The number of esters is 1. The summed E-state index contributed by atoms with van der Waals surface area (Å²) in [7, 11) is 0. The lowest BCUT2D eigenvalue weighted by Crippen LogP contribution is -2.13. The molecule has 6 heteroatoms. The Bertz CT molecular complexity index is 962. The summed E-state index contributed by atoms with van der Waals surface area (Å²) in [5, 5.41) is 3.34. The van der Waals surface area contributed by atoms with Gasteiger partial charge in [-0.3, -0.25) is 10.1 Å². The molecule has 128 valence electrons. The number of carbonyl (C=O) groups is 2. The van der Waals surface area contributed by atoms with Crippen LogP contribution in [0.1, 0.15) is 38.8 Å². The van der Waals surface area contributed by atoms with Crippen LogP contribution in [-0.4, -0.2) is 23.5 Å². The number of aromatic nitrogens is 1. The fourth-order valence-corrected chi connectivity index (χ4v) is 3.36. The number of aryl methyl sites for hydroxylation is 2. The summed E-state index contributed by atoms with van der Waals surface area (Å²) in [6, 6.07) is 10.9. The van der Waals surface area contributed by atoms with Crippen molar-refractivity contribution in [1.82, 2.24) is 4.98 Å². The normalized spacial score (nSPS) is 10.7. The van der Waals surface area contributed by atoms with Crippen molar-refractivity contribution in [3.8, 4) is 0 Å². The molecule has 0 aliphatic heterocycles. The number of benzene rings is 2. The van der Waals surface area contributed by atoms with Crippen LogP contribution in [0.25, 0.3) is 10.2 Å². The third-order valence-electron chi connectivity index (χ3n) is 3.76. The zero-order chi connectivity index (χ0) is 18.0. The van der Waals surface area contributed by atoms with E-state index in [0.717, 1.165) is 21.3 Å². The van der Waals surface area contributed by atoms with Crippen molar-refractivity contribution in [2.24, 2.45) is 0 Å². The minimum Gasteiger partial charge on any atom is -0.462 e. The van der Waals surface area contributed by atoms with Gasteiger partial charge >= 0.3 is 5.97 Å². The Hall–Kier alpha value is -2.73. The van der Waals surface area contributed by atoms with Crippen LogP contribution < -0.4 is 5.32 Å². The van der Waals surface area contributed by atoms with Gasteiger partial charge in [0.25, 0.3) is 5.91 Å². The lowest BCUT2D eigenvalue weighted by atomic mass is 10.1. The van der Waals surface area contributed by atoms with Crippen molar-refractivity contribution < 1.29 is 14.3 Å². The van der Waals surface area contributed by atoms with Gasteiger partial charge in [0.2, 0.25) is 0 Å². The predicted molar refractivity (Wildman–Crippen MR) is 99.4 cm³/mol. The third kappa shape index (κ3) is 3.69. The number of carbonyl (C=O) groups excluding carboxylic acids is 2. The summed E-state index contributed by atoms with van der Waals surface area (Å²) in [5.74, 6) is -0.551. The van der Waals surface area contributed by atoms with Gasteiger partial charge < -0.3 is 4.74 Å². The van der Waals surface area contributed by atoms with E-state index in [4.69, 9.17) is 4.74 Å². The van der Waals surface area contributed by atoms with Gasteiger partial charge in [-0.15, -0.1) is 0 Å². The molecule has 0 radical (unpaired) electrons. The first-order chi connectivity index (χ1) is 12.0. The number of hydrogen-bond donors (Lipinski definition) is 1. The average molecular weight is 354 g/mol. The number of rotatable bonds is 4. The van der Waals surface area contributed by atoms with Crippen molar-refractivity contribution in [1.29, 1.82) is 0 Å². The fourth-order valence-electron chi connectivity index (χ4n) is 2.46. The highest BCUT2D eigenvalue weighted by Crippen LogP contribution is 2.27. The Balaban J connectivity index is 1.85. The minimum atomic E-state index is -0.362. The highest BCUT2D eigenvalue weighted by atomic mass is 32.1. The Morgan fingerprint density at radius 1 is 1.16 bits per heavy atom. The first-order valence-corrected chi connectivity index (χ1v) is 8.76. The molecule has 0 saturated carbocycles. The Morgan fingerprint density at radius 2 is 1.96 bits per heavy atom. The molecule has 0 saturated heterocycles. The Labute approximate surface area is 149 Å². The fraction of sp³-hybridized carbons (Fsp3) is 0.211. The third-order valence-corrected chi connectivity index (χ3v) is 4.69. The van der Waals surface area contributed by atoms with Gasteiger partial charge in [-0.2, -0.15) is 0 Å². The number of ether oxygens (including phenoxy) is 1. The topological polar surface area (TPSA) is 68.3 Å². The molecule has 0 unspecified atom stereocenters. The van der Waals surface area contributed by atoms with E-state index in [1.54, 1.807) is 25.1 Å². The van der Waals surface area contributed by atoms with Gasteiger partial charge in [0.15, 0.2) is 5.13 Å². The molecule has 1 N–H and O–H groups in total. The van der Waals surface area contributed by atoms with Gasteiger partial charge in [0.1, 0.15) is 0 Å². The number of nitrogens with one attached hydrogen (secondary N) is 1. The SMILES string of the molecule is CCOC(=O)c1ccc2nc(NC(=O)c3cc(C)ccc3C)sc2c1. The molecule has 0 fully saturated rings. The molecule has 0 atom stereocenters. The van der Waals surface area contributed by atoms with Gasteiger partial charge in [0.05, 0.1) is 22.4 Å². The maximum absolute atomic E-state index is 12.5. The zero-order valence-corrected chi connectivity index (χ0v) is 15.1. The molecule has 1 amide bonds. The number of nitrogens with zero attached hydrogens (tertiary/aromatic N) is 1.